The fraction of sp³-hybridized carbons (Fsp3) is 0. The average Bonchev–Trinajstić information content (AvgIpc) is 3.19. The number of H-pyrrole nitrogens is 1. The van der Waals surface area contributed by atoms with Crippen LogP contribution in [0.5, 0.6) is 0 Å². The minimum absolute atomic E-state index is 0.893. The second-order valence-corrected chi connectivity index (χ2v) is 6.81. The predicted octanol–water partition coefficient (Wildman–Crippen LogP) is 5.94. The number of halogens is 1. The molecule has 4 heteroatoms. The van der Waals surface area contributed by atoms with Crippen molar-refractivity contribution in [2.24, 2.45) is 0 Å². The van der Waals surface area contributed by atoms with Gasteiger partial charge in [0.25, 0.3) is 0 Å². The number of rotatable bonds is 2. The van der Waals surface area contributed by atoms with Crippen LogP contribution in [0.3, 0.4) is 0 Å². The molecule has 0 saturated heterocycles. The molecule has 0 spiro atoms. The lowest BCUT2D eigenvalue weighted by atomic mass is 10.2. The molecule has 0 aliphatic heterocycles. The van der Waals surface area contributed by atoms with Crippen LogP contribution in [0.4, 0.5) is 0 Å². The lowest BCUT2D eigenvalue weighted by Gasteiger charge is -2.10. The Morgan fingerprint density at radius 2 is 1.52 bits per heavy atom. The van der Waals surface area contributed by atoms with E-state index in [-0.39, 0.29) is 0 Å². The topological polar surface area (TPSA) is 33.6 Å². The molecule has 0 atom stereocenters. The van der Waals surface area contributed by atoms with Crippen molar-refractivity contribution in [3.8, 4) is 17.1 Å². The molecule has 0 aliphatic rings. The van der Waals surface area contributed by atoms with E-state index in [2.05, 4.69) is 74.0 Å². The molecule has 1 N–H and O–H groups in total. The van der Waals surface area contributed by atoms with E-state index < -0.39 is 0 Å². The molecule has 120 valence electrons. The first-order valence-electron chi connectivity index (χ1n) is 8.12. The van der Waals surface area contributed by atoms with Gasteiger partial charge < -0.3 is 4.98 Å². The van der Waals surface area contributed by atoms with E-state index in [4.69, 9.17) is 4.98 Å². The first-order valence-corrected chi connectivity index (χ1v) is 8.92. The van der Waals surface area contributed by atoms with Gasteiger partial charge in [-0.15, -0.1) is 0 Å². The van der Waals surface area contributed by atoms with Crippen molar-refractivity contribution in [1.29, 1.82) is 0 Å². The molecule has 25 heavy (non-hydrogen) atoms. The average molecular weight is 388 g/mol. The number of hydrogen-bond donors (Lipinski definition) is 1. The summed E-state index contributed by atoms with van der Waals surface area (Å²) < 4.78 is 3.29. The molecule has 2 heterocycles. The molecular weight excluding hydrogens is 374 g/mol. The van der Waals surface area contributed by atoms with Gasteiger partial charge in [-0.05, 0) is 24.3 Å². The number of fused-ring (bicyclic) bond motifs is 3. The van der Waals surface area contributed by atoms with Crippen LogP contribution in [0.25, 0.3) is 39.1 Å². The zero-order valence-electron chi connectivity index (χ0n) is 13.3. The van der Waals surface area contributed by atoms with E-state index in [0.29, 0.717) is 0 Å². The quantitative estimate of drug-likeness (QED) is 0.399. The van der Waals surface area contributed by atoms with Crippen molar-refractivity contribution in [1.82, 2.24) is 14.5 Å². The molecule has 0 bridgehead atoms. The molecule has 2 aromatic heterocycles. The van der Waals surface area contributed by atoms with Gasteiger partial charge in [0.15, 0.2) is 5.65 Å². The predicted molar refractivity (Wildman–Crippen MR) is 106 cm³/mol. The second kappa shape index (κ2) is 5.60. The summed E-state index contributed by atoms with van der Waals surface area (Å²) in [6, 6.07) is 26.9. The molecule has 0 saturated carbocycles. The summed E-state index contributed by atoms with van der Waals surface area (Å²) in [5.41, 5.74) is 5.25. The second-order valence-electron chi connectivity index (χ2n) is 5.96. The maximum absolute atomic E-state index is 4.92. The number of aromatic amines is 1. The van der Waals surface area contributed by atoms with Gasteiger partial charge in [0.2, 0.25) is 0 Å². The van der Waals surface area contributed by atoms with E-state index in [0.717, 1.165) is 43.6 Å². The van der Waals surface area contributed by atoms with Crippen molar-refractivity contribution in [3.05, 3.63) is 83.3 Å². The number of imidazole rings is 1. The Balaban J connectivity index is 1.96. The SMILES string of the molecule is Brc1cccc2[nH]c3nc(-c4ccccc4)n(-c4ccccc4)c3c12. The van der Waals surface area contributed by atoms with E-state index in [1.807, 2.05) is 30.3 Å². The van der Waals surface area contributed by atoms with Gasteiger partial charge in [0.1, 0.15) is 11.3 Å². The van der Waals surface area contributed by atoms with Crippen molar-refractivity contribution in [2.45, 2.75) is 0 Å². The highest BCUT2D eigenvalue weighted by atomic mass is 79.9. The summed E-state index contributed by atoms with van der Waals surface area (Å²) in [4.78, 5) is 8.38. The highest BCUT2D eigenvalue weighted by molar-refractivity contribution is 9.10. The summed E-state index contributed by atoms with van der Waals surface area (Å²) in [6.45, 7) is 0. The molecule has 0 radical (unpaired) electrons. The van der Waals surface area contributed by atoms with Crippen LogP contribution < -0.4 is 0 Å². The van der Waals surface area contributed by atoms with Crippen LogP contribution in [0.1, 0.15) is 0 Å². The van der Waals surface area contributed by atoms with Gasteiger partial charge >= 0.3 is 0 Å². The zero-order valence-corrected chi connectivity index (χ0v) is 14.9. The molecule has 5 rings (SSSR count). The summed E-state index contributed by atoms with van der Waals surface area (Å²) in [6.07, 6.45) is 0. The van der Waals surface area contributed by atoms with Gasteiger partial charge in [-0.1, -0.05) is 70.5 Å². The maximum atomic E-state index is 4.92. The van der Waals surface area contributed by atoms with Crippen LogP contribution >= 0.6 is 15.9 Å². The van der Waals surface area contributed by atoms with Crippen LogP contribution in [-0.4, -0.2) is 14.5 Å². The third-order valence-electron chi connectivity index (χ3n) is 4.43. The monoisotopic (exact) mass is 387 g/mol. The Bertz CT molecular complexity index is 1190. The molecule has 0 unspecified atom stereocenters. The molecule has 0 aliphatic carbocycles. The van der Waals surface area contributed by atoms with Crippen LogP contribution in [0.15, 0.2) is 83.3 Å². The summed E-state index contributed by atoms with van der Waals surface area (Å²) in [5, 5.41) is 1.15. The highest BCUT2D eigenvalue weighted by Gasteiger charge is 2.19. The number of benzene rings is 3. The van der Waals surface area contributed by atoms with E-state index in [1.165, 1.54) is 0 Å². The number of para-hydroxylation sites is 1. The molecule has 0 amide bonds. The lowest BCUT2D eigenvalue weighted by molar-refractivity contribution is 1.10. The van der Waals surface area contributed by atoms with E-state index in [9.17, 15) is 0 Å². The minimum atomic E-state index is 0.893. The van der Waals surface area contributed by atoms with E-state index >= 15 is 0 Å². The molecule has 0 fully saturated rings. The smallest absolute Gasteiger partial charge is 0.158 e. The molecule has 3 aromatic carbocycles. The van der Waals surface area contributed by atoms with Crippen molar-refractivity contribution in [2.75, 3.05) is 0 Å². The van der Waals surface area contributed by atoms with Gasteiger partial charge in [-0.25, -0.2) is 4.98 Å². The van der Waals surface area contributed by atoms with Gasteiger partial charge in [0.05, 0.1) is 5.52 Å². The minimum Gasteiger partial charge on any atom is -0.338 e. The van der Waals surface area contributed by atoms with Gasteiger partial charge in [-0.3, -0.25) is 4.57 Å². The number of nitrogens with one attached hydrogen (secondary N) is 1. The highest BCUT2D eigenvalue weighted by Crippen LogP contribution is 2.36. The zero-order chi connectivity index (χ0) is 16.8. The molecule has 3 nitrogen and oxygen atoms in total. The van der Waals surface area contributed by atoms with Crippen LogP contribution in [0, 0.1) is 0 Å². The van der Waals surface area contributed by atoms with Crippen LogP contribution in [0.2, 0.25) is 0 Å². The van der Waals surface area contributed by atoms with Crippen molar-refractivity contribution >= 4 is 38.0 Å². The third-order valence-corrected chi connectivity index (χ3v) is 5.09. The normalized spacial score (nSPS) is 11.4. The van der Waals surface area contributed by atoms with Gasteiger partial charge in [0, 0.05) is 21.1 Å². The first kappa shape index (κ1) is 14.5. The number of hydrogen-bond acceptors (Lipinski definition) is 1. The first-order chi connectivity index (χ1) is 12.3. The van der Waals surface area contributed by atoms with Crippen molar-refractivity contribution < 1.29 is 0 Å². The summed E-state index contributed by atoms with van der Waals surface area (Å²) in [5.74, 6) is 0.936. The Morgan fingerprint density at radius 3 is 2.28 bits per heavy atom. The fourth-order valence-corrected chi connectivity index (χ4v) is 3.90. The van der Waals surface area contributed by atoms with Crippen molar-refractivity contribution in [3.63, 3.8) is 0 Å². The maximum Gasteiger partial charge on any atom is 0.158 e. The standard InChI is InChI=1S/C21H14BrN3/c22-16-12-7-13-17-18(16)19-20(23-17)24-21(14-8-3-1-4-9-14)25(19)15-10-5-2-6-11-15/h1-13,23H. The Labute approximate surface area is 153 Å². The van der Waals surface area contributed by atoms with Gasteiger partial charge in [-0.2, -0.15) is 0 Å². The Kier molecular flexibility index (Phi) is 3.25. The van der Waals surface area contributed by atoms with Crippen LogP contribution in [-0.2, 0) is 0 Å². The number of nitrogens with zero attached hydrogens (tertiary/aromatic N) is 2. The third kappa shape index (κ3) is 2.22. The Hall–Kier alpha value is -2.85. The molecule has 5 aromatic rings. The Morgan fingerprint density at radius 1 is 0.800 bits per heavy atom. The lowest BCUT2D eigenvalue weighted by Crippen LogP contribution is -1.97. The summed E-state index contributed by atoms with van der Waals surface area (Å²) >= 11 is 3.71. The summed E-state index contributed by atoms with van der Waals surface area (Å²) in [7, 11) is 0. The number of aromatic nitrogens is 3. The fourth-order valence-electron chi connectivity index (χ4n) is 3.34. The van der Waals surface area contributed by atoms with E-state index in [1.54, 1.807) is 0 Å². The molecular formula is C21H14BrN3. The largest absolute Gasteiger partial charge is 0.338 e.